The Balaban J connectivity index is 1.48. The van der Waals surface area contributed by atoms with Crippen LogP contribution >= 0.6 is 0 Å². The molecule has 0 aromatic rings. The fourth-order valence-corrected chi connectivity index (χ4v) is 4.59. The van der Waals surface area contributed by atoms with Crippen LogP contribution in [0, 0.1) is 0 Å². The molecule has 0 aromatic carbocycles. The van der Waals surface area contributed by atoms with E-state index in [9.17, 15) is 40.2 Å². The first-order valence-corrected chi connectivity index (χ1v) is 15.0. The van der Waals surface area contributed by atoms with Gasteiger partial charge in [0.15, 0.2) is 12.6 Å². The maximum absolute atomic E-state index is 11.5. The van der Waals surface area contributed by atoms with Crippen LogP contribution < -0.4 is 10.6 Å². The van der Waals surface area contributed by atoms with Crippen LogP contribution in [0.1, 0.15) is 13.8 Å². The van der Waals surface area contributed by atoms with Crippen LogP contribution in [-0.2, 0) is 47.5 Å². The third kappa shape index (κ3) is 13.8. The van der Waals surface area contributed by atoms with Crippen LogP contribution in [-0.4, -0.2) is 195 Å². The van der Waals surface area contributed by atoms with Crippen LogP contribution in [0.15, 0.2) is 0 Å². The Labute approximate surface area is 267 Å². The van der Waals surface area contributed by atoms with Gasteiger partial charge in [0, 0.05) is 13.8 Å². The van der Waals surface area contributed by atoms with E-state index < -0.39 is 86.3 Å². The molecule has 46 heavy (non-hydrogen) atoms. The van der Waals surface area contributed by atoms with Gasteiger partial charge in [-0.25, -0.2) is 0 Å². The predicted octanol–water partition coefficient (Wildman–Crippen LogP) is -5.18. The highest BCUT2D eigenvalue weighted by Crippen LogP contribution is 2.23. The summed E-state index contributed by atoms with van der Waals surface area (Å²) in [4.78, 5) is 24.7. The molecule has 0 aliphatic carbocycles. The van der Waals surface area contributed by atoms with E-state index in [1.807, 2.05) is 0 Å². The van der Waals surface area contributed by atoms with Crippen molar-refractivity contribution in [2.24, 2.45) is 0 Å². The first kappa shape index (κ1) is 40.5. The molecule has 2 amide bonds. The summed E-state index contributed by atoms with van der Waals surface area (Å²) in [5.74, 6) is -0.882. The maximum atomic E-state index is 11.5. The zero-order chi connectivity index (χ0) is 34.1. The number of aliphatic hydroxyl groups excluding tert-OH is 6. The van der Waals surface area contributed by atoms with Gasteiger partial charge in [-0.1, -0.05) is 0 Å². The summed E-state index contributed by atoms with van der Waals surface area (Å²) in [6, 6.07) is -2.03. The maximum Gasteiger partial charge on any atom is 0.217 e. The molecule has 10 atom stereocenters. The van der Waals surface area contributed by atoms with Crippen molar-refractivity contribution in [1.29, 1.82) is 0 Å². The Hall–Kier alpha value is -1.66. The molecule has 0 aromatic heterocycles. The van der Waals surface area contributed by atoms with Crippen molar-refractivity contribution < 1.29 is 78.1 Å². The fourth-order valence-electron chi connectivity index (χ4n) is 4.59. The van der Waals surface area contributed by atoms with Crippen LogP contribution in [0.4, 0.5) is 0 Å². The van der Waals surface area contributed by atoms with Gasteiger partial charge in [0.2, 0.25) is 11.8 Å². The zero-order valence-corrected chi connectivity index (χ0v) is 26.5. The molecule has 0 saturated carbocycles. The van der Waals surface area contributed by atoms with Crippen LogP contribution in [0.2, 0.25) is 0 Å². The van der Waals surface area contributed by atoms with Crippen molar-refractivity contribution in [2.45, 2.75) is 75.1 Å². The average molecular weight is 674 g/mol. The third-order valence-electron chi connectivity index (χ3n) is 6.89. The van der Waals surface area contributed by atoms with Crippen LogP contribution in [0.25, 0.3) is 0 Å². The van der Waals surface area contributed by atoms with Gasteiger partial charge in [-0.05, 0) is 7.05 Å². The average Bonchev–Trinajstić information content (AvgIpc) is 3.01. The van der Waals surface area contributed by atoms with E-state index in [0.29, 0.717) is 13.2 Å². The van der Waals surface area contributed by atoms with Crippen molar-refractivity contribution in [3.05, 3.63) is 0 Å². The van der Waals surface area contributed by atoms with Gasteiger partial charge in [-0.15, -0.1) is 0 Å². The second-order valence-electron chi connectivity index (χ2n) is 10.8. The SMILES string of the molecule is CC(=O)NC1[C@H](OCCOCCOCN(C)COCCOCCO[C@@H]2OC(CO)[C@H](O)[C@H](O)C2NC(C)=O)OC(CO)[C@H](O)[C@@H]1O. The van der Waals surface area contributed by atoms with E-state index >= 15 is 0 Å². The van der Waals surface area contributed by atoms with Crippen molar-refractivity contribution in [1.82, 2.24) is 15.5 Å². The summed E-state index contributed by atoms with van der Waals surface area (Å²) < 4.78 is 44.0. The van der Waals surface area contributed by atoms with E-state index in [1.165, 1.54) is 13.8 Å². The lowest BCUT2D eigenvalue weighted by Crippen LogP contribution is -2.64. The highest BCUT2D eigenvalue weighted by atomic mass is 16.7. The molecule has 8 N–H and O–H groups in total. The predicted molar refractivity (Wildman–Crippen MR) is 154 cm³/mol. The normalized spacial score (nSPS) is 31.6. The molecule has 2 rings (SSSR count). The van der Waals surface area contributed by atoms with Crippen LogP contribution in [0.3, 0.4) is 0 Å². The van der Waals surface area contributed by atoms with Crippen molar-refractivity contribution in [3.8, 4) is 0 Å². The highest BCUT2D eigenvalue weighted by Gasteiger charge is 2.46. The van der Waals surface area contributed by atoms with Crippen molar-refractivity contribution in [3.63, 3.8) is 0 Å². The number of ether oxygens (including phenoxy) is 8. The summed E-state index contributed by atoms with van der Waals surface area (Å²) >= 11 is 0. The van der Waals surface area contributed by atoms with E-state index in [4.69, 9.17) is 37.9 Å². The number of nitrogens with zero attached hydrogens (tertiary/aromatic N) is 1. The number of rotatable bonds is 22. The highest BCUT2D eigenvalue weighted by molar-refractivity contribution is 5.73. The van der Waals surface area contributed by atoms with Crippen LogP contribution in [0.5, 0.6) is 0 Å². The number of amides is 2. The molecule has 2 aliphatic heterocycles. The topological polar surface area (TPSA) is 257 Å². The Morgan fingerprint density at radius 2 is 0.957 bits per heavy atom. The second-order valence-corrected chi connectivity index (χ2v) is 10.8. The van der Waals surface area contributed by atoms with Gasteiger partial charge >= 0.3 is 0 Å². The molecule has 0 bridgehead atoms. The number of nitrogens with one attached hydrogen (secondary N) is 2. The lowest BCUT2D eigenvalue weighted by atomic mass is 9.97. The minimum Gasteiger partial charge on any atom is -0.394 e. The fraction of sp³-hybridized carbons (Fsp3) is 0.926. The van der Waals surface area contributed by atoms with Gasteiger partial charge in [0.1, 0.15) is 62.2 Å². The van der Waals surface area contributed by atoms with Gasteiger partial charge < -0.3 is 79.2 Å². The number of carbonyl (C=O) groups is 2. The monoisotopic (exact) mass is 673 g/mol. The van der Waals surface area contributed by atoms with Gasteiger partial charge in [-0.2, -0.15) is 0 Å². The Morgan fingerprint density at radius 1 is 0.609 bits per heavy atom. The standard InChI is InChI=1S/C27H51N3O16/c1-16(33)28-20-24(37)22(35)18(12-31)45-26(20)43-10-8-39-4-6-41-14-30(3)15-42-7-5-40-9-11-44-27-21(29-17(2)34)25(38)23(36)19(13-32)46-27/h18-27,31-32,35-38H,4-15H2,1-3H3,(H,28,33)(H,29,34)/t18?,19?,20?,21?,22-,23-,24+,25+,26+,27+/m0/s1. The minimum absolute atomic E-state index is 0.0625. The molecule has 0 radical (unpaired) electrons. The number of hydrogen-bond acceptors (Lipinski definition) is 17. The molecular weight excluding hydrogens is 622 g/mol. The number of aliphatic hydroxyl groups is 6. The smallest absolute Gasteiger partial charge is 0.217 e. The molecule has 270 valence electrons. The van der Waals surface area contributed by atoms with E-state index in [0.717, 1.165) is 0 Å². The molecule has 2 fully saturated rings. The van der Waals surface area contributed by atoms with Crippen molar-refractivity contribution in [2.75, 3.05) is 86.6 Å². The number of hydrogen-bond donors (Lipinski definition) is 8. The lowest BCUT2D eigenvalue weighted by molar-refractivity contribution is -0.272. The van der Waals surface area contributed by atoms with E-state index in [2.05, 4.69) is 10.6 Å². The van der Waals surface area contributed by atoms with Gasteiger partial charge in [-0.3, -0.25) is 14.5 Å². The molecule has 2 aliphatic rings. The summed E-state index contributed by atoms with van der Waals surface area (Å²) in [5.41, 5.74) is 0. The summed E-state index contributed by atoms with van der Waals surface area (Å²) in [5, 5.41) is 64.3. The summed E-state index contributed by atoms with van der Waals surface area (Å²) in [6.45, 7) is 3.59. The van der Waals surface area contributed by atoms with Gasteiger partial charge in [0.05, 0.1) is 66.1 Å². The Bertz CT molecular complexity index is 796. The molecule has 19 nitrogen and oxygen atoms in total. The Morgan fingerprint density at radius 3 is 1.30 bits per heavy atom. The molecule has 0 spiro atoms. The molecule has 2 saturated heterocycles. The quantitative estimate of drug-likeness (QED) is 0.0395. The Kier molecular flexibility index (Phi) is 19.4. The summed E-state index contributed by atoms with van der Waals surface area (Å²) in [7, 11) is 1.80. The first-order chi connectivity index (χ1) is 22.0. The zero-order valence-electron chi connectivity index (χ0n) is 26.5. The second kappa shape index (κ2) is 22.1. The minimum atomic E-state index is -1.39. The third-order valence-corrected chi connectivity index (χ3v) is 6.89. The molecule has 19 heteroatoms. The lowest BCUT2D eigenvalue weighted by Gasteiger charge is -2.42. The first-order valence-electron chi connectivity index (χ1n) is 15.0. The van der Waals surface area contributed by atoms with E-state index in [1.54, 1.807) is 11.9 Å². The molecular formula is C27H51N3O16. The largest absolute Gasteiger partial charge is 0.394 e. The van der Waals surface area contributed by atoms with E-state index in [-0.39, 0.29) is 53.1 Å². The molecule has 2 heterocycles. The van der Waals surface area contributed by atoms with Crippen molar-refractivity contribution >= 4 is 11.8 Å². The van der Waals surface area contributed by atoms with Gasteiger partial charge in [0.25, 0.3) is 0 Å². The summed E-state index contributed by atoms with van der Waals surface area (Å²) in [6.07, 6.45) is -9.83. The number of carbonyl (C=O) groups excluding carboxylic acids is 2. The molecule has 4 unspecified atom stereocenters.